The number of amides is 2. The first-order chi connectivity index (χ1) is 10.3. The second-order valence-electron chi connectivity index (χ2n) is 5.88. The quantitative estimate of drug-likeness (QED) is 0.468. The molecule has 3 rings (SSSR count). The van der Waals surface area contributed by atoms with Crippen molar-refractivity contribution in [2.24, 2.45) is 11.3 Å². The summed E-state index contributed by atoms with van der Waals surface area (Å²) in [5, 5.41) is 0. The van der Waals surface area contributed by atoms with E-state index in [1.165, 1.54) is 4.90 Å². The Balaban J connectivity index is 1.95. The van der Waals surface area contributed by atoms with Crippen molar-refractivity contribution >= 4 is 39.4 Å². The molecule has 22 heavy (non-hydrogen) atoms. The van der Waals surface area contributed by atoms with Crippen LogP contribution in [0.4, 0.5) is 5.69 Å². The summed E-state index contributed by atoms with van der Waals surface area (Å²) in [4.78, 5) is 38.7. The predicted molar refractivity (Wildman–Crippen MR) is 83.6 cm³/mol. The van der Waals surface area contributed by atoms with Crippen molar-refractivity contribution < 1.29 is 19.1 Å². The molecule has 1 saturated heterocycles. The highest BCUT2D eigenvalue weighted by atomic mass is 79.9. The average molecular weight is 366 g/mol. The highest BCUT2D eigenvalue weighted by Gasteiger charge is 2.89. The fourth-order valence-electron chi connectivity index (χ4n) is 3.24. The molecule has 1 aliphatic heterocycles. The Labute approximate surface area is 136 Å². The number of alkyl halides is 1. The Bertz CT molecular complexity index is 686. The van der Waals surface area contributed by atoms with Crippen LogP contribution >= 0.6 is 15.9 Å². The summed E-state index contributed by atoms with van der Waals surface area (Å²) in [5.41, 5.74) is 0.495. The Kier molecular flexibility index (Phi) is 3.22. The van der Waals surface area contributed by atoms with Crippen LogP contribution in [-0.2, 0) is 19.1 Å². The molecule has 0 aromatic heterocycles. The number of aryl methyl sites for hydroxylation is 1. The van der Waals surface area contributed by atoms with Gasteiger partial charge in [-0.1, -0.05) is 33.6 Å². The minimum absolute atomic E-state index is 0.207. The van der Waals surface area contributed by atoms with Gasteiger partial charge < -0.3 is 4.74 Å². The number of imide groups is 1. The molecule has 3 atom stereocenters. The van der Waals surface area contributed by atoms with Crippen LogP contribution in [0.1, 0.15) is 19.4 Å². The number of carbonyl (C=O) groups is 3. The van der Waals surface area contributed by atoms with Gasteiger partial charge in [-0.25, -0.2) is 4.90 Å². The van der Waals surface area contributed by atoms with Gasteiger partial charge in [0.15, 0.2) is 4.32 Å². The largest absolute Gasteiger partial charge is 0.465 e. The second kappa shape index (κ2) is 4.65. The maximum absolute atomic E-state index is 12.8. The van der Waals surface area contributed by atoms with Crippen LogP contribution in [0.3, 0.4) is 0 Å². The van der Waals surface area contributed by atoms with E-state index in [1.54, 1.807) is 26.0 Å². The van der Waals surface area contributed by atoms with Crippen LogP contribution in [-0.4, -0.2) is 28.7 Å². The second-order valence-corrected chi connectivity index (χ2v) is 7.13. The van der Waals surface area contributed by atoms with Crippen LogP contribution in [0, 0.1) is 18.3 Å². The average Bonchev–Trinajstić information content (AvgIpc) is 2.91. The van der Waals surface area contributed by atoms with Crippen molar-refractivity contribution in [1.29, 1.82) is 0 Å². The number of esters is 1. The first kappa shape index (κ1) is 15.2. The lowest BCUT2D eigenvalue weighted by molar-refractivity contribution is -0.146. The van der Waals surface area contributed by atoms with E-state index in [0.29, 0.717) is 5.69 Å². The number of rotatable bonds is 3. The third kappa shape index (κ3) is 1.61. The zero-order valence-electron chi connectivity index (χ0n) is 12.6. The number of halogens is 1. The van der Waals surface area contributed by atoms with Crippen molar-refractivity contribution in [2.75, 3.05) is 11.5 Å². The number of hydrogen-bond donors (Lipinski definition) is 0. The lowest BCUT2D eigenvalue weighted by Gasteiger charge is -2.23. The molecule has 0 spiro atoms. The summed E-state index contributed by atoms with van der Waals surface area (Å²) in [6.07, 6.45) is 0. The van der Waals surface area contributed by atoms with Crippen molar-refractivity contribution in [3.8, 4) is 0 Å². The van der Waals surface area contributed by atoms with E-state index in [4.69, 9.17) is 4.74 Å². The van der Waals surface area contributed by atoms with Crippen LogP contribution in [0.2, 0.25) is 0 Å². The zero-order valence-corrected chi connectivity index (χ0v) is 14.1. The summed E-state index contributed by atoms with van der Waals surface area (Å²) in [7, 11) is 0. The fourth-order valence-corrected chi connectivity index (χ4v) is 4.29. The first-order valence-electron chi connectivity index (χ1n) is 7.11. The van der Waals surface area contributed by atoms with Crippen LogP contribution in [0.25, 0.3) is 0 Å². The lowest BCUT2D eigenvalue weighted by atomic mass is 10.1. The molecule has 2 amide bonds. The van der Waals surface area contributed by atoms with Gasteiger partial charge in [0.2, 0.25) is 11.8 Å². The molecule has 1 heterocycles. The summed E-state index contributed by atoms with van der Waals surface area (Å²) in [6.45, 7) is 5.47. The number of piperidine rings is 1. The highest BCUT2D eigenvalue weighted by Crippen LogP contribution is 2.72. The summed E-state index contributed by atoms with van der Waals surface area (Å²) >= 11 is 3.31. The van der Waals surface area contributed by atoms with Gasteiger partial charge in [-0.15, -0.1) is 0 Å². The van der Waals surface area contributed by atoms with Gasteiger partial charge in [0.1, 0.15) is 0 Å². The zero-order chi connectivity index (χ0) is 16.3. The molecule has 1 aromatic rings. The van der Waals surface area contributed by atoms with Crippen LogP contribution in [0.15, 0.2) is 24.3 Å². The van der Waals surface area contributed by atoms with E-state index >= 15 is 0 Å². The predicted octanol–water partition coefficient (Wildman–Crippen LogP) is 2.20. The Hall–Kier alpha value is -1.69. The summed E-state index contributed by atoms with van der Waals surface area (Å²) in [6, 6.07) is 7.16. The van der Waals surface area contributed by atoms with E-state index in [0.717, 1.165) is 5.56 Å². The molecule has 2 fully saturated rings. The van der Waals surface area contributed by atoms with Gasteiger partial charge in [0.25, 0.3) is 0 Å². The van der Waals surface area contributed by atoms with Crippen molar-refractivity contribution in [1.82, 2.24) is 0 Å². The smallest absolute Gasteiger partial charge is 0.324 e. The molecular formula is C16H16BrNO4. The van der Waals surface area contributed by atoms with Crippen LogP contribution < -0.4 is 4.90 Å². The van der Waals surface area contributed by atoms with E-state index in [1.807, 2.05) is 19.1 Å². The molecular weight excluding hydrogens is 350 g/mol. The van der Waals surface area contributed by atoms with Gasteiger partial charge in [-0.05, 0) is 32.9 Å². The topological polar surface area (TPSA) is 63.7 Å². The Morgan fingerprint density at radius 1 is 1.32 bits per heavy atom. The molecule has 116 valence electrons. The first-order valence-corrected chi connectivity index (χ1v) is 7.90. The Morgan fingerprint density at radius 2 is 1.91 bits per heavy atom. The maximum atomic E-state index is 12.8. The molecule has 1 saturated carbocycles. The molecule has 0 N–H and O–H groups in total. The molecule has 0 bridgehead atoms. The van der Waals surface area contributed by atoms with Gasteiger partial charge in [-0.3, -0.25) is 14.4 Å². The van der Waals surface area contributed by atoms with E-state index in [9.17, 15) is 14.4 Å². The van der Waals surface area contributed by atoms with Crippen molar-refractivity contribution in [3.05, 3.63) is 29.8 Å². The number of benzene rings is 1. The van der Waals surface area contributed by atoms with E-state index < -0.39 is 21.6 Å². The molecule has 1 aliphatic carbocycles. The molecule has 2 aliphatic rings. The standard InChI is InChI=1S/C16H16BrNO4/c1-4-22-14(21)16(17)11-12(19)18(13(20)15(11,16)3)10-7-5-9(2)6-8-10/h5-8,11H,4H2,1-3H3/t11-,15-,16-/m0/s1. The maximum Gasteiger partial charge on any atom is 0.324 e. The van der Waals surface area contributed by atoms with E-state index in [2.05, 4.69) is 15.9 Å². The van der Waals surface area contributed by atoms with Gasteiger partial charge in [0, 0.05) is 0 Å². The third-order valence-corrected chi connectivity index (χ3v) is 6.23. The number of anilines is 1. The normalized spacial score (nSPS) is 32.9. The van der Waals surface area contributed by atoms with Gasteiger partial charge in [0.05, 0.1) is 23.6 Å². The van der Waals surface area contributed by atoms with Crippen LogP contribution in [0.5, 0.6) is 0 Å². The third-order valence-electron chi connectivity index (χ3n) is 4.63. The number of nitrogens with zero attached hydrogens (tertiary/aromatic N) is 1. The van der Waals surface area contributed by atoms with Gasteiger partial charge >= 0.3 is 5.97 Å². The summed E-state index contributed by atoms with van der Waals surface area (Å²) < 4.78 is 3.78. The Morgan fingerprint density at radius 3 is 2.36 bits per heavy atom. The molecule has 0 radical (unpaired) electrons. The number of hydrogen-bond acceptors (Lipinski definition) is 4. The van der Waals surface area contributed by atoms with Crippen molar-refractivity contribution in [3.63, 3.8) is 0 Å². The SMILES string of the molecule is CCOC(=O)[C@@]1(Br)[C@H]2C(=O)N(c3ccc(C)cc3)C(=O)[C@]21C. The monoisotopic (exact) mass is 365 g/mol. The van der Waals surface area contributed by atoms with Gasteiger partial charge in [-0.2, -0.15) is 0 Å². The minimum atomic E-state index is -1.23. The molecule has 6 heteroatoms. The lowest BCUT2D eigenvalue weighted by Crippen LogP contribution is -2.43. The number of carbonyl (C=O) groups excluding carboxylic acids is 3. The molecule has 5 nitrogen and oxygen atoms in total. The van der Waals surface area contributed by atoms with E-state index in [-0.39, 0.29) is 18.4 Å². The minimum Gasteiger partial charge on any atom is -0.465 e. The molecule has 1 aromatic carbocycles. The number of ether oxygens (including phenoxy) is 1. The fraction of sp³-hybridized carbons (Fsp3) is 0.438. The molecule has 0 unspecified atom stereocenters. The highest BCUT2D eigenvalue weighted by molar-refractivity contribution is 9.10. The number of fused-ring (bicyclic) bond motifs is 1. The summed E-state index contributed by atoms with van der Waals surface area (Å²) in [5.74, 6) is -1.99. The van der Waals surface area contributed by atoms with Crippen molar-refractivity contribution in [2.45, 2.75) is 25.1 Å².